The van der Waals surface area contributed by atoms with Crippen molar-refractivity contribution >= 4 is 11.6 Å². The van der Waals surface area contributed by atoms with Crippen LogP contribution < -0.4 is 10.1 Å². The van der Waals surface area contributed by atoms with Gasteiger partial charge in [-0.1, -0.05) is 12.1 Å². The quantitative estimate of drug-likeness (QED) is 0.785. The van der Waals surface area contributed by atoms with Crippen molar-refractivity contribution in [3.8, 4) is 11.5 Å². The van der Waals surface area contributed by atoms with Gasteiger partial charge < -0.3 is 10.1 Å². The van der Waals surface area contributed by atoms with Crippen molar-refractivity contribution < 1.29 is 9.53 Å². The molecule has 0 aliphatic carbocycles. The minimum Gasteiger partial charge on any atom is -0.457 e. The molecule has 1 aromatic heterocycles. The SMILES string of the molecule is Cc1cccc(Oc2ccc(NC(=O)c3ccnc(C)n3)cc2)c1. The molecule has 0 aliphatic rings. The molecular formula is C19H17N3O2. The predicted octanol–water partition coefficient (Wildman–Crippen LogP) is 4.14. The Hall–Kier alpha value is -3.21. The van der Waals surface area contributed by atoms with Crippen molar-refractivity contribution in [1.82, 2.24) is 9.97 Å². The highest BCUT2D eigenvalue weighted by Crippen LogP contribution is 2.23. The van der Waals surface area contributed by atoms with Crippen LogP contribution in [0.25, 0.3) is 0 Å². The second-order valence-corrected chi connectivity index (χ2v) is 5.39. The maximum absolute atomic E-state index is 12.1. The molecule has 0 fully saturated rings. The Balaban J connectivity index is 1.67. The fourth-order valence-electron chi connectivity index (χ4n) is 2.20. The van der Waals surface area contributed by atoms with Crippen LogP contribution in [0.3, 0.4) is 0 Å². The van der Waals surface area contributed by atoms with Gasteiger partial charge in [0, 0.05) is 11.9 Å². The molecule has 120 valence electrons. The van der Waals surface area contributed by atoms with E-state index < -0.39 is 0 Å². The van der Waals surface area contributed by atoms with Crippen LogP contribution in [0.15, 0.2) is 60.8 Å². The molecule has 5 heteroatoms. The van der Waals surface area contributed by atoms with Gasteiger partial charge in [-0.25, -0.2) is 9.97 Å². The third kappa shape index (κ3) is 3.95. The van der Waals surface area contributed by atoms with Crippen LogP contribution in [0.2, 0.25) is 0 Å². The van der Waals surface area contributed by atoms with Gasteiger partial charge in [-0.3, -0.25) is 4.79 Å². The van der Waals surface area contributed by atoms with Crippen molar-refractivity contribution in [3.05, 3.63) is 77.9 Å². The van der Waals surface area contributed by atoms with Crippen LogP contribution in [0.1, 0.15) is 21.9 Å². The smallest absolute Gasteiger partial charge is 0.274 e. The Morgan fingerprint density at radius 3 is 2.50 bits per heavy atom. The zero-order valence-electron chi connectivity index (χ0n) is 13.5. The van der Waals surface area contributed by atoms with E-state index in [0.717, 1.165) is 11.3 Å². The highest BCUT2D eigenvalue weighted by atomic mass is 16.5. The number of nitrogens with zero attached hydrogens (tertiary/aromatic N) is 2. The summed E-state index contributed by atoms with van der Waals surface area (Å²) >= 11 is 0. The van der Waals surface area contributed by atoms with Crippen molar-refractivity contribution in [3.63, 3.8) is 0 Å². The number of carbonyl (C=O) groups is 1. The first-order valence-corrected chi connectivity index (χ1v) is 7.56. The monoisotopic (exact) mass is 319 g/mol. The number of hydrogen-bond acceptors (Lipinski definition) is 4. The molecule has 1 N–H and O–H groups in total. The van der Waals surface area contributed by atoms with E-state index in [1.54, 1.807) is 31.3 Å². The summed E-state index contributed by atoms with van der Waals surface area (Å²) in [5.41, 5.74) is 2.15. The van der Waals surface area contributed by atoms with E-state index in [2.05, 4.69) is 15.3 Å². The minimum absolute atomic E-state index is 0.271. The maximum atomic E-state index is 12.1. The number of benzene rings is 2. The Bertz CT molecular complexity index is 860. The molecule has 0 spiro atoms. The van der Waals surface area contributed by atoms with Crippen molar-refractivity contribution in [2.75, 3.05) is 5.32 Å². The maximum Gasteiger partial charge on any atom is 0.274 e. The molecule has 0 saturated carbocycles. The van der Waals surface area contributed by atoms with Crippen molar-refractivity contribution in [2.45, 2.75) is 13.8 Å². The number of hydrogen-bond donors (Lipinski definition) is 1. The number of anilines is 1. The number of aryl methyl sites for hydroxylation is 2. The summed E-state index contributed by atoms with van der Waals surface area (Å²) in [6, 6.07) is 16.6. The van der Waals surface area contributed by atoms with Gasteiger partial charge in [0.15, 0.2) is 0 Å². The Morgan fingerprint density at radius 2 is 1.79 bits per heavy atom. The fraction of sp³-hybridized carbons (Fsp3) is 0.105. The van der Waals surface area contributed by atoms with Gasteiger partial charge in [0.1, 0.15) is 23.0 Å². The topological polar surface area (TPSA) is 64.1 Å². The average molecular weight is 319 g/mol. The van der Waals surface area contributed by atoms with E-state index >= 15 is 0 Å². The van der Waals surface area contributed by atoms with E-state index in [1.807, 2.05) is 43.3 Å². The molecule has 3 aromatic rings. The zero-order valence-corrected chi connectivity index (χ0v) is 13.5. The van der Waals surface area contributed by atoms with Crippen LogP contribution >= 0.6 is 0 Å². The highest BCUT2D eigenvalue weighted by molar-refractivity contribution is 6.02. The summed E-state index contributed by atoms with van der Waals surface area (Å²) in [6.45, 7) is 3.76. The van der Waals surface area contributed by atoms with Crippen molar-refractivity contribution in [1.29, 1.82) is 0 Å². The second-order valence-electron chi connectivity index (χ2n) is 5.39. The molecule has 1 heterocycles. The normalized spacial score (nSPS) is 10.2. The average Bonchev–Trinajstić information content (AvgIpc) is 2.57. The molecule has 5 nitrogen and oxygen atoms in total. The van der Waals surface area contributed by atoms with E-state index in [9.17, 15) is 4.79 Å². The van der Waals surface area contributed by atoms with Gasteiger partial charge in [0.2, 0.25) is 0 Å². The number of carbonyl (C=O) groups excluding carboxylic acids is 1. The van der Waals surface area contributed by atoms with E-state index in [0.29, 0.717) is 23.0 Å². The van der Waals surface area contributed by atoms with Crippen molar-refractivity contribution in [2.24, 2.45) is 0 Å². The standard InChI is InChI=1S/C19H17N3O2/c1-13-4-3-5-17(12-13)24-16-8-6-15(7-9-16)22-19(23)18-10-11-20-14(2)21-18/h3-12H,1-2H3,(H,22,23). The number of aromatic nitrogens is 2. The molecule has 0 aliphatic heterocycles. The first kappa shape index (κ1) is 15.7. The third-order valence-corrected chi connectivity index (χ3v) is 3.35. The summed E-state index contributed by atoms with van der Waals surface area (Å²) in [6.07, 6.45) is 1.57. The van der Waals surface area contributed by atoms with Gasteiger partial charge in [-0.05, 0) is 61.9 Å². The number of nitrogens with one attached hydrogen (secondary N) is 1. The van der Waals surface area contributed by atoms with Gasteiger partial charge in [0.05, 0.1) is 0 Å². The molecule has 2 aromatic carbocycles. The molecule has 3 rings (SSSR count). The van der Waals surface area contributed by atoms with Gasteiger partial charge >= 0.3 is 0 Å². The summed E-state index contributed by atoms with van der Waals surface area (Å²) in [7, 11) is 0. The lowest BCUT2D eigenvalue weighted by molar-refractivity contribution is 0.102. The lowest BCUT2D eigenvalue weighted by Gasteiger charge is -2.08. The predicted molar refractivity (Wildman–Crippen MR) is 92.4 cm³/mol. The van der Waals surface area contributed by atoms with Gasteiger partial charge in [-0.15, -0.1) is 0 Å². The van der Waals surface area contributed by atoms with Crippen LogP contribution in [-0.4, -0.2) is 15.9 Å². The summed E-state index contributed by atoms with van der Waals surface area (Å²) in [5, 5.41) is 2.80. The third-order valence-electron chi connectivity index (χ3n) is 3.35. The number of ether oxygens (including phenoxy) is 1. The van der Waals surface area contributed by atoms with E-state index in [-0.39, 0.29) is 5.91 Å². The van der Waals surface area contributed by atoms with Crippen LogP contribution in [0.4, 0.5) is 5.69 Å². The van der Waals surface area contributed by atoms with Crippen LogP contribution in [0.5, 0.6) is 11.5 Å². The molecule has 0 saturated heterocycles. The first-order valence-electron chi connectivity index (χ1n) is 7.56. The summed E-state index contributed by atoms with van der Waals surface area (Å²) in [4.78, 5) is 20.2. The molecule has 1 amide bonds. The number of amides is 1. The highest BCUT2D eigenvalue weighted by Gasteiger charge is 2.08. The lowest BCUT2D eigenvalue weighted by Crippen LogP contribution is -2.14. The summed E-state index contributed by atoms with van der Waals surface area (Å²) in [5.74, 6) is 1.78. The fourth-order valence-corrected chi connectivity index (χ4v) is 2.20. The van der Waals surface area contributed by atoms with Gasteiger partial charge in [0.25, 0.3) is 5.91 Å². The minimum atomic E-state index is -0.271. The molecule has 0 atom stereocenters. The molecule has 24 heavy (non-hydrogen) atoms. The van der Waals surface area contributed by atoms with Crippen LogP contribution in [0, 0.1) is 13.8 Å². The van der Waals surface area contributed by atoms with E-state index in [4.69, 9.17) is 4.74 Å². The molecular weight excluding hydrogens is 302 g/mol. The first-order chi connectivity index (χ1) is 11.6. The molecule has 0 unspecified atom stereocenters. The largest absolute Gasteiger partial charge is 0.457 e. The molecule has 0 radical (unpaired) electrons. The lowest BCUT2D eigenvalue weighted by atomic mass is 10.2. The van der Waals surface area contributed by atoms with Gasteiger partial charge in [-0.2, -0.15) is 0 Å². The number of rotatable bonds is 4. The molecule has 0 bridgehead atoms. The Morgan fingerprint density at radius 1 is 1.00 bits per heavy atom. The zero-order chi connectivity index (χ0) is 16.9. The van der Waals surface area contributed by atoms with Crippen LogP contribution in [-0.2, 0) is 0 Å². The second kappa shape index (κ2) is 6.91. The van der Waals surface area contributed by atoms with E-state index in [1.165, 1.54) is 0 Å². The Kier molecular flexibility index (Phi) is 4.52. The summed E-state index contributed by atoms with van der Waals surface area (Å²) < 4.78 is 5.79. The Labute approximate surface area is 140 Å².